The number of ether oxygens (including phenoxy) is 1. The number of hydrogen-bond acceptors (Lipinski definition) is 4. The zero-order valence-electron chi connectivity index (χ0n) is 14.7. The second kappa shape index (κ2) is 9.38. The van der Waals surface area contributed by atoms with E-state index in [2.05, 4.69) is 39.5 Å². The van der Waals surface area contributed by atoms with Gasteiger partial charge in [-0.3, -0.25) is 0 Å². The first kappa shape index (κ1) is 20.7. The van der Waals surface area contributed by atoms with Crippen molar-refractivity contribution in [3.8, 4) is 5.88 Å². The molecule has 1 aromatic heterocycles. The zero-order valence-corrected chi connectivity index (χ0v) is 16.8. The van der Waals surface area contributed by atoms with Gasteiger partial charge in [0.1, 0.15) is 5.56 Å². The van der Waals surface area contributed by atoms with Crippen molar-refractivity contribution in [1.29, 1.82) is 0 Å². The lowest BCUT2D eigenvalue weighted by molar-refractivity contribution is -0.139. The summed E-state index contributed by atoms with van der Waals surface area (Å²) < 4.78 is 46.0. The normalized spacial score (nSPS) is 11.5. The van der Waals surface area contributed by atoms with Gasteiger partial charge in [0, 0.05) is 22.5 Å². The molecule has 2 aromatic rings. The molecular weight excluding hydrogens is 458 g/mol. The van der Waals surface area contributed by atoms with Crippen LogP contribution >= 0.6 is 22.6 Å². The molecule has 0 atom stereocenters. The third kappa shape index (κ3) is 5.72. The van der Waals surface area contributed by atoms with Crippen LogP contribution < -0.4 is 9.64 Å². The van der Waals surface area contributed by atoms with Crippen LogP contribution in [0, 0.1) is 3.57 Å². The van der Waals surface area contributed by atoms with Gasteiger partial charge in [-0.2, -0.15) is 18.2 Å². The molecule has 4 nitrogen and oxygen atoms in total. The van der Waals surface area contributed by atoms with Crippen molar-refractivity contribution in [3.63, 3.8) is 0 Å². The van der Waals surface area contributed by atoms with E-state index in [4.69, 9.17) is 4.74 Å². The highest BCUT2D eigenvalue weighted by atomic mass is 127. The summed E-state index contributed by atoms with van der Waals surface area (Å²) in [6, 6.07) is 7.52. The minimum atomic E-state index is -4.56. The minimum absolute atomic E-state index is 0.155. The molecule has 0 N–H and O–H groups in total. The van der Waals surface area contributed by atoms with Crippen LogP contribution in [0.3, 0.4) is 0 Å². The molecule has 2 rings (SSSR count). The summed E-state index contributed by atoms with van der Waals surface area (Å²) in [5.74, 6) is -0.265. The summed E-state index contributed by atoms with van der Waals surface area (Å²) in [4.78, 5) is 9.53. The van der Waals surface area contributed by atoms with E-state index < -0.39 is 17.6 Å². The Morgan fingerprint density at radius 2 is 1.81 bits per heavy atom. The number of rotatable bonds is 8. The van der Waals surface area contributed by atoms with Gasteiger partial charge >= 0.3 is 6.18 Å². The topological polar surface area (TPSA) is 38.2 Å². The second-order valence-corrected chi connectivity index (χ2v) is 7.08. The van der Waals surface area contributed by atoms with Crippen molar-refractivity contribution in [2.24, 2.45) is 0 Å². The maximum atomic E-state index is 13.2. The third-order valence-corrected chi connectivity index (χ3v) is 4.52. The van der Waals surface area contributed by atoms with Gasteiger partial charge in [0.05, 0.1) is 6.61 Å². The zero-order chi connectivity index (χ0) is 19.2. The van der Waals surface area contributed by atoms with Gasteiger partial charge in [-0.25, -0.2) is 4.98 Å². The Labute approximate surface area is 164 Å². The number of benzene rings is 1. The van der Waals surface area contributed by atoms with Crippen molar-refractivity contribution < 1.29 is 17.9 Å². The molecule has 0 amide bonds. The number of anilines is 2. The van der Waals surface area contributed by atoms with E-state index in [1.165, 1.54) is 0 Å². The standard InChI is InChI=1S/C18H21F3IN3O/c1-3-4-5-6-11-26-16-15(18(19,20)21)12-23-17(24-16)25(2)14-9-7-13(22)8-10-14/h7-10,12H,3-6,11H2,1-2H3. The lowest BCUT2D eigenvalue weighted by Crippen LogP contribution is -2.17. The predicted octanol–water partition coefficient (Wildman–Crippen LogP) is 5.83. The molecular formula is C18H21F3IN3O. The Morgan fingerprint density at radius 3 is 2.42 bits per heavy atom. The van der Waals surface area contributed by atoms with Crippen LogP contribution in [0.2, 0.25) is 0 Å². The summed E-state index contributed by atoms with van der Waals surface area (Å²) in [5, 5.41) is 0. The summed E-state index contributed by atoms with van der Waals surface area (Å²) in [5.41, 5.74) is -0.174. The minimum Gasteiger partial charge on any atom is -0.477 e. The molecule has 0 fully saturated rings. The third-order valence-electron chi connectivity index (χ3n) is 3.80. The highest BCUT2D eigenvalue weighted by molar-refractivity contribution is 14.1. The Balaban J connectivity index is 2.22. The SMILES string of the molecule is CCCCCCOc1nc(N(C)c2ccc(I)cc2)ncc1C(F)(F)F. The maximum absolute atomic E-state index is 13.2. The molecule has 8 heteroatoms. The fraction of sp³-hybridized carbons (Fsp3) is 0.444. The average Bonchev–Trinajstić information content (AvgIpc) is 2.60. The first-order valence-corrected chi connectivity index (χ1v) is 9.47. The molecule has 0 unspecified atom stereocenters. The van der Waals surface area contributed by atoms with E-state index in [1.54, 1.807) is 11.9 Å². The van der Waals surface area contributed by atoms with Crippen molar-refractivity contribution in [1.82, 2.24) is 9.97 Å². The molecule has 1 aromatic carbocycles. The predicted molar refractivity (Wildman–Crippen MR) is 104 cm³/mol. The maximum Gasteiger partial charge on any atom is 0.423 e. The van der Waals surface area contributed by atoms with Crippen LogP contribution in [0.15, 0.2) is 30.5 Å². The summed E-state index contributed by atoms with van der Waals surface area (Å²) in [6.07, 6.45) is -0.0896. The van der Waals surface area contributed by atoms with Crippen LogP contribution in [0.25, 0.3) is 0 Å². The molecule has 0 aliphatic rings. The molecule has 0 saturated heterocycles. The van der Waals surface area contributed by atoms with Crippen LogP contribution in [-0.2, 0) is 6.18 Å². The first-order chi connectivity index (χ1) is 12.3. The summed E-state index contributed by atoms with van der Waals surface area (Å²) >= 11 is 2.18. The smallest absolute Gasteiger partial charge is 0.423 e. The van der Waals surface area contributed by atoms with E-state index in [0.717, 1.165) is 34.7 Å². The number of hydrogen-bond donors (Lipinski definition) is 0. The molecule has 0 bridgehead atoms. The van der Waals surface area contributed by atoms with Gasteiger partial charge in [0.15, 0.2) is 0 Å². The summed E-state index contributed by atoms with van der Waals surface area (Å²) in [7, 11) is 1.70. The Bertz CT molecular complexity index is 708. The lowest BCUT2D eigenvalue weighted by Gasteiger charge is -2.19. The molecule has 26 heavy (non-hydrogen) atoms. The first-order valence-electron chi connectivity index (χ1n) is 8.39. The number of unbranched alkanes of at least 4 members (excludes halogenated alkanes) is 3. The molecule has 142 valence electrons. The fourth-order valence-electron chi connectivity index (χ4n) is 2.30. The van der Waals surface area contributed by atoms with E-state index in [9.17, 15) is 13.2 Å². The summed E-state index contributed by atoms with van der Waals surface area (Å²) in [6.45, 7) is 2.27. The molecule has 0 saturated carbocycles. The van der Waals surface area contributed by atoms with Gasteiger partial charge in [-0.15, -0.1) is 0 Å². The Hall–Kier alpha value is -1.58. The molecule has 0 spiro atoms. The lowest BCUT2D eigenvalue weighted by atomic mass is 10.2. The van der Waals surface area contributed by atoms with Gasteiger partial charge in [0.25, 0.3) is 0 Å². The molecule has 0 radical (unpaired) electrons. The van der Waals surface area contributed by atoms with Crippen molar-refractivity contribution in [2.45, 2.75) is 38.8 Å². The number of halogens is 4. The van der Waals surface area contributed by atoms with E-state index in [-0.39, 0.29) is 12.6 Å². The molecule has 0 aliphatic carbocycles. The Kier molecular flexibility index (Phi) is 7.48. The number of aromatic nitrogens is 2. The van der Waals surface area contributed by atoms with E-state index in [0.29, 0.717) is 6.42 Å². The van der Waals surface area contributed by atoms with Crippen LogP contribution in [-0.4, -0.2) is 23.6 Å². The number of alkyl halides is 3. The van der Waals surface area contributed by atoms with Crippen molar-refractivity contribution in [2.75, 3.05) is 18.6 Å². The average molecular weight is 479 g/mol. The highest BCUT2D eigenvalue weighted by Gasteiger charge is 2.36. The molecule has 0 aliphatic heterocycles. The number of nitrogens with zero attached hydrogens (tertiary/aromatic N) is 3. The van der Waals surface area contributed by atoms with Gasteiger partial charge < -0.3 is 9.64 Å². The highest BCUT2D eigenvalue weighted by Crippen LogP contribution is 2.36. The van der Waals surface area contributed by atoms with Crippen LogP contribution in [0.1, 0.15) is 38.2 Å². The van der Waals surface area contributed by atoms with Gasteiger partial charge in [0.2, 0.25) is 11.8 Å². The van der Waals surface area contributed by atoms with E-state index in [1.807, 2.05) is 24.3 Å². The largest absolute Gasteiger partial charge is 0.477 e. The second-order valence-electron chi connectivity index (χ2n) is 5.83. The van der Waals surface area contributed by atoms with Crippen LogP contribution in [0.5, 0.6) is 5.88 Å². The Morgan fingerprint density at radius 1 is 1.12 bits per heavy atom. The van der Waals surface area contributed by atoms with E-state index >= 15 is 0 Å². The quantitative estimate of drug-likeness (QED) is 0.353. The van der Waals surface area contributed by atoms with Gasteiger partial charge in [-0.1, -0.05) is 26.2 Å². The van der Waals surface area contributed by atoms with Crippen LogP contribution in [0.4, 0.5) is 24.8 Å². The molecule has 1 heterocycles. The van der Waals surface area contributed by atoms with Crippen molar-refractivity contribution >= 4 is 34.2 Å². The van der Waals surface area contributed by atoms with Crippen molar-refractivity contribution in [3.05, 3.63) is 39.6 Å². The van der Waals surface area contributed by atoms with Gasteiger partial charge in [-0.05, 0) is 53.3 Å². The monoisotopic (exact) mass is 479 g/mol. The fourth-order valence-corrected chi connectivity index (χ4v) is 2.66.